The maximum atomic E-state index is 13.3. The largest absolute Gasteiger partial charge is 0.497 e. The van der Waals surface area contributed by atoms with Crippen molar-refractivity contribution in [2.45, 2.75) is 50.1 Å². The van der Waals surface area contributed by atoms with Crippen LogP contribution < -0.4 is 15.6 Å². The fraction of sp³-hybridized carbons (Fsp3) is 0.348. The summed E-state index contributed by atoms with van der Waals surface area (Å²) in [5.41, 5.74) is 0.812. The summed E-state index contributed by atoms with van der Waals surface area (Å²) in [5.74, 6) is 0.611. The quantitative estimate of drug-likeness (QED) is 0.454. The van der Waals surface area contributed by atoms with Crippen LogP contribution in [0.1, 0.15) is 34.1 Å². The molecule has 0 spiro atoms. The van der Waals surface area contributed by atoms with E-state index >= 15 is 0 Å². The minimum Gasteiger partial charge on any atom is -0.497 e. The first kappa shape index (κ1) is 21.9. The SMILES string of the molecule is CCC(C)(C)NC(=O)C(C)Sc1nc2ccccc2c(=O)n1-c1ccc(OC)cc1. The third kappa shape index (κ3) is 4.67. The van der Waals surface area contributed by atoms with Crippen molar-refractivity contribution < 1.29 is 9.53 Å². The Hall–Kier alpha value is -2.80. The Labute approximate surface area is 180 Å². The lowest BCUT2D eigenvalue weighted by Gasteiger charge is -2.26. The molecule has 1 N–H and O–H groups in total. The van der Waals surface area contributed by atoms with E-state index in [0.717, 1.165) is 6.42 Å². The number of nitrogens with one attached hydrogen (secondary N) is 1. The van der Waals surface area contributed by atoms with Gasteiger partial charge in [0.1, 0.15) is 5.75 Å². The summed E-state index contributed by atoms with van der Waals surface area (Å²) < 4.78 is 6.78. The number of methoxy groups -OCH3 is 1. The molecule has 1 aromatic heterocycles. The first-order valence-electron chi connectivity index (χ1n) is 9.90. The molecule has 0 aliphatic heterocycles. The third-order valence-electron chi connectivity index (χ3n) is 5.07. The molecule has 3 aromatic rings. The van der Waals surface area contributed by atoms with Crippen molar-refractivity contribution in [1.29, 1.82) is 0 Å². The van der Waals surface area contributed by atoms with Gasteiger partial charge in [-0.25, -0.2) is 4.98 Å². The minimum atomic E-state index is -0.423. The number of rotatable bonds is 7. The molecule has 0 fully saturated rings. The first-order valence-corrected chi connectivity index (χ1v) is 10.8. The van der Waals surface area contributed by atoms with Gasteiger partial charge in [0.05, 0.1) is 29.0 Å². The van der Waals surface area contributed by atoms with Gasteiger partial charge < -0.3 is 10.1 Å². The first-order chi connectivity index (χ1) is 14.3. The standard InChI is InChI=1S/C23H27N3O3S/c1-6-23(3,4)25-20(27)15(2)30-22-24-19-10-8-7-9-18(19)21(28)26(22)16-11-13-17(29-5)14-12-16/h7-15H,6H2,1-5H3,(H,25,27). The lowest BCUT2D eigenvalue weighted by Crippen LogP contribution is -2.46. The zero-order valence-electron chi connectivity index (χ0n) is 17.9. The van der Waals surface area contributed by atoms with E-state index in [4.69, 9.17) is 9.72 Å². The topological polar surface area (TPSA) is 73.2 Å². The molecule has 7 heteroatoms. The molecule has 0 saturated heterocycles. The molecule has 158 valence electrons. The van der Waals surface area contributed by atoms with Gasteiger partial charge in [0.15, 0.2) is 5.16 Å². The molecule has 0 saturated carbocycles. The van der Waals surface area contributed by atoms with Crippen LogP contribution >= 0.6 is 11.8 Å². The van der Waals surface area contributed by atoms with Gasteiger partial charge in [0, 0.05) is 5.54 Å². The summed E-state index contributed by atoms with van der Waals surface area (Å²) >= 11 is 1.27. The molecule has 1 unspecified atom stereocenters. The average molecular weight is 426 g/mol. The van der Waals surface area contributed by atoms with Gasteiger partial charge in [-0.1, -0.05) is 30.8 Å². The van der Waals surface area contributed by atoms with Gasteiger partial charge in [-0.2, -0.15) is 0 Å². The summed E-state index contributed by atoms with van der Waals surface area (Å²) in [4.78, 5) is 30.8. The van der Waals surface area contributed by atoms with E-state index in [1.807, 2.05) is 58.0 Å². The van der Waals surface area contributed by atoms with E-state index in [2.05, 4.69) is 5.32 Å². The second-order valence-electron chi connectivity index (χ2n) is 7.74. The highest BCUT2D eigenvalue weighted by molar-refractivity contribution is 8.00. The number of amides is 1. The zero-order chi connectivity index (χ0) is 21.9. The number of benzene rings is 2. The van der Waals surface area contributed by atoms with Crippen LogP contribution in [0.4, 0.5) is 0 Å². The molecular weight excluding hydrogens is 398 g/mol. The van der Waals surface area contributed by atoms with Crippen molar-refractivity contribution in [3.8, 4) is 11.4 Å². The molecule has 0 aliphatic rings. The Bertz CT molecular complexity index is 1110. The summed E-state index contributed by atoms with van der Waals surface area (Å²) in [5, 5.41) is 3.64. The highest BCUT2D eigenvalue weighted by Crippen LogP contribution is 2.26. The van der Waals surface area contributed by atoms with E-state index in [0.29, 0.717) is 27.5 Å². The molecule has 1 amide bonds. The number of para-hydroxylation sites is 1. The number of hydrogen-bond donors (Lipinski definition) is 1. The molecule has 3 rings (SSSR count). The molecule has 2 aromatic carbocycles. The van der Waals surface area contributed by atoms with E-state index in [-0.39, 0.29) is 17.0 Å². The van der Waals surface area contributed by atoms with Crippen LogP contribution in [0.25, 0.3) is 16.6 Å². The highest BCUT2D eigenvalue weighted by atomic mass is 32.2. The summed E-state index contributed by atoms with van der Waals surface area (Å²) in [6, 6.07) is 14.5. The molecule has 6 nitrogen and oxygen atoms in total. The molecule has 30 heavy (non-hydrogen) atoms. The fourth-order valence-corrected chi connectivity index (χ4v) is 3.81. The van der Waals surface area contributed by atoms with E-state index < -0.39 is 5.25 Å². The van der Waals surface area contributed by atoms with Crippen molar-refractivity contribution in [3.05, 3.63) is 58.9 Å². The van der Waals surface area contributed by atoms with Gasteiger partial charge in [-0.3, -0.25) is 14.2 Å². The second kappa shape index (κ2) is 8.92. The highest BCUT2D eigenvalue weighted by Gasteiger charge is 2.24. The lowest BCUT2D eigenvalue weighted by molar-refractivity contribution is -0.121. The van der Waals surface area contributed by atoms with Crippen molar-refractivity contribution in [1.82, 2.24) is 14.9 Å². The van der Waals surface area contributed by atoms with Gasteiger partial charge in [0.25, 0.3) is 5.56 Å². The van der Waals surface area contributed by atoms with Crippen LogP contribution in [0.5, 0.6) is 5.75 Å². The molecule has 0 bridgehead atoms. The van der Waals surface area contributed by atoms with Crippen LogP contribution in [0.15, 0.2) is 58.5 Å². The lowest BCUT2D eigenvalue weighted by atomic mass is 10.0. The zero-order valence-corrected chi connectivity index (χ0v) is 18.7. The number of hydrogen-bond acceptors (Lipinski definition) is 5. The normalized spacial score (nSPS) is 12.6. The van der Waals surface area contributed by atoms with Crippen LogP contribution in [-0.4, -0.2) is 33.4 Å². The maximum absolute atomic E-state index is 13.3. The number of carbonyl (C=O) groups is 1. The van der Waals surface area contributed by atoms with E-state index in [9.17, 15) is 9.59 Å². The van der Waals surface area contributed by atoms with Crippen LogP contribution in [-0.2, 0) is 4.79 Å². The van der Waals surface area contributed by atoms with E-state index in [1.165, 1.54) is 11.8 Å². The van der Waals surface area contributed by atoms with Crippen molar-refractivity contribution in [2.75, 3.05) is 7.11 Å². The summed E-state index contributed by atoms with van der Waals surface area (Å²) in [6.07, 6.45) is 0.820. The van der Waals surface area contributed by atoms with E-state index in [1.54, 1.807) is 29.9 Å². The Morgan fingerprint density at radius 1 is 1.20 bits per heavy atom. The van der Waals surface area contributed by atoms with Gasteiger partial charge >= 0.3 is 0 Å². The number of fused-ring (bicyclic) bond motifs is 1. The van der Waals surface area contributed by atoms with Crippen LogP contribution in [0.2, 0.25) is 0 Å². The molecule has 0 radical (unpaired) electrons. The van der Waals surface area contributed by atoms with Gasteiger partial charge in [-0.05, 0) is 63.6 Å². The van der Waals surface area contributed by atoms with Gasteiger partial charge in [0.2, 0.25) is 5.91 Å². The Kier molecular flexibility index (Phi) is 6.51. The van der Waals surface area contributed by atoms with Gasteiger partial charge in [-0.15, -0.1) is 0 Å². The summed E-state index contributed by atoms with van der Waals surface area (Å²) in [6.45, 7) is 7.84. The minimum absolute atomic E-state index is 0.0875. The predicted octanol–water partition coefficient (Wildman–Crippen LogP) is 4.18. The van der Waals surface area contributed by atoms with Crippen molar-refractivity contribution >= 4 is 28.6 Å². The number of thioether (sulfide) groups is 1. The summed E-state index contributed by atoms with van der Waals surface area (Å²) in [7, 11) is 1.60. The molecule has 1 heterocycles. The second-order valence-corrected chi connectivity index (χ2v) is 9.04. The van der Waals surface area contributed by atoms with Crippen molar-refractivity contribution in [3.63, 3.8) is 0 Å². The third-order valence-corrected chi connectivity index (χ3v) is 6.12. The number of aromatic nitrogens is 2. The Balaban J connectivity index is 2.06. The molecule has 1 atom stereocenters. The Morgan fingerprint density at radius 3 is 2.50 bits per heavy atom. The fourth-order valence-electron chi connectivity index (χ4n) is 2.89. The van der Waals surface area contributed by atoms with Crippen LogP contribution in [0, 0.1) is 0 Å². The molecular formula is C23H27N3O3S. The van der Waals surface area contributed by atoms with Crippen molar-refractivity contribution in [2.24, 2.45) is 0 Å². The maximum Gasteiger partial charge on any atom is 0.266 e. The van der Waals surface area contributed by atoms with Crippen LogP contribution in [0.3, 0.4) is 0 Å². The number of carbonyl (C=O) groups excluding carboxylic acids is 1. The molecule has 0 aliphatic carbocycles. The average Bonchev–Trinajstić information content (AvgIpc) is 2.74. The smallest absolute Gasteiger partial charge is 0.266 e. The predicted molar refractivity (Wildman–Crippen MR) is 122 cm³/mol. The number of nitrogens with zero attached hydrogens (tertiary/aromatic N) is 2. The number of ether oxygens (including phenoxy) is 1. The monoisotopic (exact) mass is 425 g/mol. The Morgan fingerprint density at radius 2 is 1.87 bits per heavy atom.